The van der Waals surface area contributed by atoms with Gasteiger partial charge in [-0.2, -0.15) is 0 Å². The van der Waals surface area contributed by atoms with Crippen LogP contribution in [0.15, 0.2) is 36.7 Å². The van der Waals surface area contributed by atoms with E-state index >= 15 is 0 Å². The molecule has 0 bridgehead atoms. The van der Waals surface area contributed by atoms with Crippen LogP contribution in [0.1, 0.15) is 33.0 Å². The number of aryl methyl sites for hydroxylation is 1. The van der Waals surface area contributed by atoms with E-state index in [-0.39, 0.29) is 5.41 Å². The second-order valence-corrected chi connectivity index (χ2v) is 8.81. The molecule has 4 rings (SSSR count). The molecule has 7 nitrogen and oxygen atoms in total. The van der Waals surface area contributed by atoms with Gasteiger partial charge in [-0.05, 0) is 25.1 Å². The second kappa shape index (κ2) is 7.99. The van der Waals surface area contributed by atoms with E-state index in [1.54, 1.807) is 0 Å². The zero-order chi connectivity index (χ0) is 20.4. The van der Waals surface area contributed by atoms with Gasteiger partial charge in [0.2, 0.25) is 0 Å². The van der Waals surface area contributed by atoms with Crippen LogP contribution < -0.4 is 10.6 Å². The molecule has 0 aliphatic carbocycles. The lowest BCUT2D eigenvalue weighted by molar-refractivity contribution is 0.251. The molecule has 0 radical (unpaired) electrons. The lowest BCUT2D eigenvalue weighted by atomic mass is 9.96. The highest BCUT2D eigenvalue weighted by Crippen LogP contribution is 2.24. The lowest BCUT2D eigenvalue weighted by Gasteiger charge is -2.36. The van der Waals surface area contributed by atoms with Crippen molar-refractivity contribution >= 4 is 22.7 Å². The summed E-state index contributed by atoms with van der Waals surface area (Å²) in [4.78, 5) is 18.7. The highest BCUT2D eigenvalue weighted by atomic mass is 15.3. The Kier molecular flexibility index (Phi) is 5.41. The van der Waals surface area contributed by atoms with Crippen molar-refractivity contribution in [3.8, 4) is 0 Å². The molecule has 29 heavy (non-hydrogen) atoms. The van der Waals surface area contributed by atoms with Crippen LogP contribution in [0, 0.1) is 0 Å². The number of piperazine rings is 1. The van der Waals surface area contributed by atoms with Gasteiger partial charge in [-0.3, -0.25) is 4.90 Å². The molecule has 2 N–H and O–H groups in total. The third kappa shape index (κ3) is 4.34. The molecule has 1 aromatic carbocycles. The van der Waals surface area contributed by atoms with Crippen LogP contribution in [-0.2, 0) is 12.0 Å². The summed E-state index contributed by atoms with van der Waals surface area (Å²) in [5.74, 6) is 1.23. The van der Waals surface area contributed by atoms with Crippen molar-refractivity contribution in [2.45, 2.75) is 39.2 Å². The summed E-state index contributed by atoms with van der Waals surface area (Å²) in [7, 11) is 0. The minimum absolute atomic E-state index is 0.143. The number of benzene rings is 1. The molecule has 7 heteroatoms. The van der Waals surface area contributed by atoms with Gasteiger partial charge >= 0.3 is 0 Å². The van der Waals surface area contributed by atoms with E-state index in [0.29, 0.717) is 11.3 Å². The molecule has 154 valence electrons. The molecule has 0 spiro atoms. The number of aromatic nitrogens is 4. The Hall–Kier alpha value is -2.67. The maximum Gasteiger partial charge on any atom is 0.165 e. The van der Waals surface area contributed by atoms with E-state index in [1.165, 1.54) is 5.69 Å². The molecule has 0 atom stereocenters. The Balaban J connectivity index is 1.34. The van der Waals surface area contributed by atoms with E-state index in [0.717, 1.165) is 57.2 Å². The standard InChI is InChI=1S/C22H31N7/c1-22(2,3)21-25-19(23)18-20(26-21)29(16-24-18)11-7-10-27-12-14-28(15-13-27)17-8-5-4-6-9-17/h4-6,8-9,16H,7,10-15H2,1-3H3,(H2,23,25,26). The lowest BCUT2D eigenvalue weighted by Crippen LogP contribution is -2.46. The van der Waals surface area contributed by atoms with Gasteiger partial charge in [-0.25, -0.2) is 15.0 Å². The van der Waals surface area contributed by atoms with E-state index < -0.39 is 0 Å². The maximum atomic E-state index is 6.13. The van der Waals surface area contributed by atoms with Gasteiger partial charge in [0.1, 0.15) is 11.3 Å². The number of para-hydroxylation sites is 1. The van der Waals surface area contributed by atoms with E-state index in [1.807, 2.05) is 6.33 Å². The minimum atomic E-state index is -0.143. The van der Waals surface area contributed by atoms with E-state index in [4.69, 9.17) is 10.7 Å². The Bertz CT molecular complexity index is 950. The highest BCUT2D eigenvalue weighted by molar-refractivity contribution is 5.81. The normalized spacial score (nSPS) is 15.9. The van der Waals surface area contributed by atoms with Crippen LogP contribution in [0.2, 0.25) is 0 Å². The Morgan fingerprint density at radius 3 is 2.38 bits per heavy atom. The first-order chi connectivity index (χ1) is 13.9. The predicted octanol–water partition coefficient (Wildman–Crippen LogP) is 2.92. The number of imidazole rings is 1. The minimum Gasteiger partial charge on any atom is -0.382 e. The fourth-order valence-electron chi connectivity index (χ4n) is 3.80. The van der Waals surface area contributed by atoms with Crippen LogP contribution in [0.4, 0.5) is 11.5 Å². The number of rotatable bonds is 5. The van der Waals surface area contributed by atoms with E-state index in [9.17, 15) is 0 Å². The number of hydrogen-bond acceptors (Lipinski definition) is 6. The van der Waals surface area contributed by atoms with Crippen LogP contribution in [0.25, 0.3) is 11.2 Å². The fraction of sp³-hybridized carbons (Fsp3) is 0.500. The molecule has 0 saturated carbocycles. The third-order valence-electron chi connectivity index (χ3n) is 5.53. The Morgan fingerprint density at radius 1 is 0.966 bits per heavy atom. The van der Waals surface area contributed by atoms with Gasteiger partial charge in [-0.1, -0.05) is 39.0 Å². The number of nitrogen functional groups attached to an aromatic ring is 1. The number of nitrogens with two attached hydrogens (primary N) is 1. The first kappa shape index (κ1) is 19.6. The monoisotopic (exact) mass is 393 g/mol. The highest BCUT2D eigenvalue weighted by Gasteiger charge is 2.21. The molecular formula is C22H31N7. The Morgan fingerprint density at radius 2 is 1.69 bits per heavy atom. The average Bonchev–Trinajstić information content (AvgIpc) is 3.12. The smallest absolute Gasteiger partial charge is 0.165 e. The summed E-state index contributed by atoms with van der Waals surface area (Å²) in [6, 6.07) is 10.7. The van der Waals surface area contributed by atoms with Gasteiger partial charge in [0.05, 0.1) is 6.33 Å². The van der Waals surface area contributed by atoms with Crippen LogP contribution in [-0.4, -0.2) is 57.1 Å². The fourth-order valence-corrected chi connectivity index (χ4v) is 3.80. The van der Waals surface area contributed by atoms with Crippen molar-refractivity contribution in [3.63, 3.8) is 0 Å². The number of nitrogens with zero attached hydrogens (tertiary/aromatic N) is 6. The zero-order valence-electron chi connectivity index (χ0n) is 17.7. The van der Waals surface area contributed by atoms with Gasteiger partial charge in [0.15, 0.2) is 11.5 Å². The molecule has 1 fully saturated rings. The summed E-state index contributed by atoms with van der Waals surface area (Å²) in [5, 5.41) is 0. The summed E-state index contributed by atoms with van der Waals surface area (Å²) >= 11 is 0. The Labute approximate surface area is 172 Å². The van der Waals surface area contributed by atoms with Crippen molar-refractivity contribution in [3.05, 3.63) is 42.5 Å². The predicted molar refractivity (Wildman–Crippen MR) is 118 cm³/mol. The number of hydrogen-bond donors (Lipinski definition) is 1. The molecule has 2 aromatic heterocycles. The van der Waals surface area contributed by atoms with Crippen LogP contribution >= 0.6 is 0 Å². The molecule has 3 heterocycles. The van der Waals surface area contributed by atoms with Crippen LogP contribution in [0.5, 0.6) is 0 Å². The van der Waals surface area contributed by atoms with Crippen LogP contribution in [0.3, 0.4) is 0 Å². The summed E-state index contributed by atoms with van der Waals surface area (Å²) in [6.45, 7) is 12.6. The molecule has 3 aromatic rings. The molecule has 1 aliphatic heterocycles. The first-order valence-corrected chi connectivity index (χ1v) is 10.4. The molecular weight excluding hydrogens is 362 g/mol. The SMILES string of the molecule is CC(C)(C)c1nc(N)c2ncn(CCCN3CCN(c4ccccc4)CC3)c2n1. The van der Waals surface area contributed by atoms with E-state index in [2.05, 4.69) is 75.4 Å². The summed E-state index contributed by atoms with van der Waals surface area (Å²) < 4.78 is 2.11. The largest absolute Gasteiger partial charge is 0.382 e. The zero-order valence-corrected chi connectivity index (χ0v) is 17.7. The topological polar surface area (TPSA) is 76.1 Å². The van der Waals surface area contributed by atoms with Gasteiger partial charge < -0.3 is 15.2 Å². The second-order valence-electron chi connectivity index (χ2n) is 8.81. The van der Waals surface area contributed by atoms with Gasteiger partial charge in [0, 0.05) is 43.8 Å². The number of fused-ring (bicyclic) bond motifs is 1. The van der Waals surface area contributed by atoms with Crippen molar-refractivity contribution in [2.24, 2.45) is 0 Å². The van der Waals surface area contributed by atoms with Gasteiger partial charge in [-0.15, -0.1) is 0 Å². The van der Waals surface area contributed by atoms with Crippen molar-refractivity contribution in [1.29, 1.82) is 0 Å². The maximum absolute atomic E-state index is 6.13. The number of anilines is 2. The molecule has 1 saturated heterocycles. The summed E-state index contributed by atoms with van der Waals surface area (Å²) in [6.07, 6.45) is 2.90. The quantitative estimate of drug-likeness (QED) is 0.718. The molecule has 1 aliphatic rings. The summed E-state index contributed by atoms with van der Waals surface area (Å²) in [5.41, 5.74) is 8.86. The molecule has 0 unspecified atom stereocenters. The van der Waals surface area contributed by atoms with Crippen molar-refractivity contribution in [1.82, 2.24) is 24.4 Å². The third-order valence-corrected chi connectivity index (χ3v) is 5.53. The van der Waals surface area contributed by atoms with Crippen molar-refractivity contribution < 1.29 is 0 Å². The average molecular weight is 394 g/mol. The van der Waals surface area contributed by atoms with Gasteiger partial charge in [0.25, 0.3) is 0 Å². The first-order valence-electron chi connectivity index (χ1n) is 10.4. The van der Waals surface area contributed by atoms with Crippen molar-refractivity contribution in [2.75, 3.05) is 43.4 Å². The molecule has 0 amide bonds.